The highest BCUT2D eigenvalue weighted by Crippen LogP contribution is 2.23. The first-order valence-corrected chi connectivity index (χ1v) is 8.79. The summed E-state index contributed by atoms with van der Waals surface area (Å²) in [5, 5.41) is 9.01. The Morgan fingerprint density at radius 3 is 2.50 bits per heavy atom. The molecule has 0 saturated carbocycles. The molecule has 1 aromatic carbocycles. The van der Waals surface area contributed by atoms with Crippen molar-refractivity contribution in [3.8, 4) is 0 Å². The monoisotopic (exact) mass is 387 g/mol. The Balaban J connectivity index is 1.92. The number of carbonyl (C=O) groups is 2. The lowest BCUT2D eigenvalue weighted by molar-refractivity contribution is -0.169. The van der Waals surface area contributed by atoms with Crippen LogP contribution in [0, 0.1) is 5.92 Å². The second-order valence-corrected chi connectivity index (χ2v) is 7.10. The zero-order chi connectivity index (χ0) is 18.9. The molecular weight excluding hydrogens is 371 g/mol. The van der Waals surface area contributed by atoms with E-state index in [0.29, 0.717) is 38.0 Å². The molecule has 140 valence electrons. The number of piperidine rings is 1. The predicted octanol–water partition coefficient (Wildman–Crippen LogP) is 3.08. The van der Waals surface area contributed by atoms with E-state index < -0.39 is 18.2 Å². The molecule has 1 aliphatic rings. The van der Waals surface area contributed by atoms with E-state index in [-0.39, 0.29) is 10.7 Å². The van der Waals surface area contributed by atoms with Crippen LogP contribution in [0.5, 0.6) is 0 Å². The first kappa shape index (κ1) is 18.4. The molecule has 0 radical (unpaired) electrons. The van der Waals surface area contributed by atoms with Crippen molar-refractivity contribution >= 4 is 33.6 Å². The minimum Gasteiger partial charge on any atom is -0.465 e. The van der Waals surface area contributed by atoms with Gasteiger partial charge in [0.25, 0.3) is 0 Å². The largest absolute Gasteiger partial charge is 0.473 e. The summed E-state index contributed by atoms with van der Waals surface area (Å²) in [5.41, 5.74) is 0.715. The number of halogens is 3. The summed E-state index contributed by atoms with van der Waals surface area (Å²) in [6.07, 6.45) is -4.77. The molecule has 0 bridgehead atoms. The number of nitrogens with zero attached hydrogens (tertiary/aromatic N) is 3. The van der Waals surface area contributed by atoms with Crippen molar-refractivity contribution in [1.82, 2.24) is 9.47 Å². The number of likely N-dealkylation sites (tertiary alicyclic amines) is 1. The first-order chi connectivity index (χ1) is 12.3. The Morgan fingerprint density at radius 1 is 1.23 bits per heavy atom. The van der Waals surface area contributed by atoms with Crippen molar-refractivity contribution in [2.75, 3.05) is 13.1 Å². The molecule has 1 aromatic heterocycles. The van der Waals surface area contributed by atoms with Crippen LogP contribution < -0.4 is 4.80 Å². The van der Waals surface area contributed by atoms with E-state index in [9.17, 15) is 22.8 Å². The van der Waals surface area contributed by atoms with Gasteiger partial charge in [-0.05, 0) is 30.9 Å². The van der Waals surface area contributed by atoms with Gasteiger partial charge < -0.3 is 14.6 Å². The standard InChI is InChI=1S/C16H16F3N3O3S/c17-16(18,19)13(23)20-14-22(11-3-1-2-4-12(11)26-14)9-10-5-7-21(8-6-10)15(24)25/h1-4,10H,5-9H2,(H,24,25)/b20-14+. The van der Waals surface area contributed by atoms with Crippen LogP contribution >= 0.6 is 11.3 Å². The SMILES string of the molecule is O=C(O)N1CCC(Cn2/c(=N\C(=O)C(F)(F)F)sc3ccccc32)CC1. The van der Waals surface area contributed by atoms with Crippen LogP contribution in [-0.2, 0) is 11.3 Å². The molecule has 1 aliphatic heterocycles. The Hall–Kier alpha value is -2.36. The molecule has 0 spiro atoms. The van der Waals surface area contributed by atoms with Crippen LogP contribution in [0.4, 0.5) is 18.0 Å². The van der Waals surface area contributed by atoms with E-state index in [0.717, 1.165) is 16.0 Å². The number of amides is 2. The molecule has 3 rings (SSSR count). The van der Waals surface area contributed by atoms with Crippen molar-refractivity contribution in [1.29, 1.82) is 0 Å². The summed E-state index contributed by atoms with van der Waals surface area (Å²) in [5.74, 6) is -2.03. The highest BCUT2D eigenvalue weighted by molar-refractivity contribution is 7.16. The van der Waals surface area contributed by atoms with E-state index in [4.69, 9.17) is 5.11 Å². The molecule has 2 aromatic rings. The van der Waals surface area contributed by atoms with Crippen molar-refractivity contribution in [2.24, 2.45) is 10.9 Å². The van der Waals surface area contributed by atoms with E-state index in [1.54, 1.807) is 28.8 Å². The lowest BCUT2D eigenvalue weighted by Gasteiger charge is -2.30. The van der Waals surface area contributed by atoms with E-state index in [2.05, 4.69) is 4.99 Å². The highest BCUT2D eigenvalue weighted by Gasteiger charge is 2.38. The summed E-state index contributed by atoms with van der Waals surface area (Å²) < 4.78 is 40.1. The van der Waals surface area contributed by atoms with E-state index in [1.165, 1.54) is 4.90 Å². The van der Waals surface area contributed by atoms with Gasteiger partial charge in [-0.1, -0.05) is 23.5 Å². The number of carboxylic acid groups (broad SMARTS) is 1. The smallest absolute Gasteiger partial charge is 0.465 e. The highest BCUT2D eigenvalue weighted by atomic mass is 32.1. The fourth-order valence-electron chi connectivity index (χ4n) is 3.00. The van der Waals surface area contributed by atoms with Gasteiger partial charge in [0.2, 0.25) is 0 Å². The lowest BCUT2D eigenvalue weighted by Crippen LogP contribution is -2.39. The third kappa shape index (κ3) is 3.90. The molecule has 2 amide bonds. The second-order valence-electron chi connectivity index (χ2n) is 6.09. The van der Waals surface area contributed by atoms with Crippen LogP contribution in [0.25, 0.3) is 10.2 Å². The fraction of sp³-hybridized carbons (Fsp3) is 0.438. The fourth-order valence-corrected chi connectivity index (χ4v) is 4.04. The number of fused-ring (bicyclic) bond motifs is 1. The van der Waals surface area contributed by atoms with Crippen LogP contribution in [0.1, 0.15) is 12.8 Å². The maximum atomic E-state index is 12.6. The van der Waals surface area contributed by atoms with Gasteiger partial charge in [0.1, 0.15) is 0 Å². The number of benzene rings is 1. The van der Waals surface area contributed by atoms with Crippen LogP contribution in [-0.4, -0.2) is 45.8 Å². The number of alkyl halides is 3. The van der Waals surface area contributed by atoms with E-state index in [1.807, 2.05) is 0 Å². The zero-order valence-corrected chi connectivity index (χ0v) is 14.4. The number of rotatable bonds is 2. The Labute approximate surface area is 150 Å². The molecule has 26 heavy (non-hydrogen) atoms. The Morgan fingerprint density at radius 2 is 1.88 bits per heavy atom. The number of carbonyl (C=O) groups excluding carboxylic acids is 1. The molecular formula is C16H16F3N3O3S. The molecule has 0 atom stereocenters. The zero-order valence-electron chi connectivity index (χ0n) is 13.6. The third-order valence-corrected chi connectivity index (χ3v) is 5.41. The lowest BCUT2D eigenvalue weighted by atomic mass is 9.97. The topological polar surface area (TPSA) is 74.9 Å². The van der Waals surface area contributed by atoms with Crippen LogP contribution in [0.15, 0.2) is 29.3 Å². The summed E-state index contributed by atoms with van der Waals surface area (Å²) in [4.78, 5) is 26.9. The molecule has 0 aliphatic carbocycles. The third-order valence-electron chi connectivity index (χ3n) is 4.35. The second kappa shape index (κ2) is 7.10. The summed E-state index contributed by atoms with van der Waals surface area (Å²) in [7, 11) is 0. The van der Waals surface area contributed by atoms with Crippen molar-refractivity contribution < 1.29 is 27.9 Å². The molecule has 1 N–H and O–H groups in total. The van der Waals surface area contributed by atoms with Crippen molar-refractivity contribution in [3.63, 3.8) is 0 Å². The number of hydrogen-bond acceptors (Lipinski definition) is 3. The van der Waals surface area contributed by atoms with Gasteiger partial charge in [-0.3, -0.25) is 4.79 Å². The van der Waals surface area contributed by atoms with Gasteiger partial charge in [0.05, 0.1) is 10.2 Å². The maximum absolute atomic E-state index is 12.6. The van der Waals surface area contributed by atoms with Crippen LogP contribution in [0.3, 0.4) is 0 Å². The molecule has 6 nitrogen and oxygen atoms in total. The average Bonchev–Trinajstić information content (AvgIpc) is 2.92. The summed E-state index contributed by atoms with van der Waals surface area (Å²) >= 11 is 1.03. The van der Waals surface area contributed by atoms with Gasteiger partial charge in [-0.2, -0.15) is 18.2 Å². The molecule has 1 saturated heterocycles. The molecule has 1 fully saturated rings. The molecule has 10 heteroatoms. The number of para-hydroxylation sites is 1. The van der Waals surface area contributed by atoms with Gasteiger partial charge in [-0.25, -0.2) is 4.79 Å². The van der Waals surface area contributed by atoms with Crippen molar-refractivity contribution in [2.45, 2.75) is 25.6 Å². The average molecular weight is 387 g/mol. The van der Waals surface area contributed by atoms with Crippen molar-refractivity contribution in [3.05, 3.63) is 29.1 Å². The summed E-state index contributed by atoms with van der Waals surface area (Å²) in [6, 6.07) is 7.08. The van der Waals surface area contributed by atoms with Gasteiger partial charge in [-0.15, -0.1) is 0 Å². The van der Waals surface area contributed by atoms with Crippen LogP contribution in [0.2, 0.25) is 0 Å². The van der Waals surface area contributed by atoms with Gasteiger partial charge in [0.15, 0.2) is 4.80 Å². The molecule has 0 unspecified atom stereocenters. The Kier molecular flexibility index (Phi) is 5.03. The number of aromatic nitrogens is 1. The quantitative estimate of drug-likeness (QED) is 0.861. The minimum absolute atomic E-state index is 0.00851. The van der Waals surface area contributed by atoms with Gasteiger partial charge >= 0.3 is 18.2 Å². The normalized spacial score (nSPS) is 17.0. The maximum Gasteiger partial charge on any atom is 0.473 e. The molecule has 2 heterocycles. The predicted molar refractivity (Wildman–Crippen MR) is 88.8 cm³/mol. The number of hydrogen-bond donors (Lipinski definition) is 1. The number of thiazole rings is 1. The minimum atomic E-state index is -5.01. The Bertz CT molecular complexity index is 895. The summed E-state index contributed by atoms with van der Waals surface area (Å²) in [6.45, 7) is 1.16. The first-order valence-electron chi connectivity index (χ1n) is 7.98. The van der Waals surface area contributed by atoms with E-state index >= 15 is 0 Å². The van der Waals surface area contributed by atoms with Gasteiger partial charge in [0, 0.05) is 19.6 Å².